The molecule has 4 aromatic carbocycles. The average Bonchev–Trinajstić information content (AvgIpc) is 2.51. The van der Waals surface area contributed by atoms with Crippen LogP contribution >= 0.6 is 0 Å². The molecule has 0 radical (unpaired) electrons. The summed E-state index contributed by atoms with van der Waals surface area (Å²) in [5.41, 5.74) is 9.61. The molecular formula is C17H11N3. The van der Waals surface area contributed by atoms with Gasteiger partial charge in [-0.3, -0.25) is 0 Å². The second-order valence-corrected chi connectivity index (χ2v) is 4.97. The molecule has 0 saturated carbocycles. The van der Waals surface area contributed by atoms with E-state index < -0.39 is 0 Å². The van der Waals surface area contributed by atoms with E-state index in [2.05, 4.69) is 64.6 Å². The van der Waals surface area contributed by atoms with Crippen LogP contribution in [0.4, 0.5) is 0 Å². The fourth-order valence-electron chi connectivity index (χ4n) is 3.04. The molecule has 0 aliphatic carbocycles. The lowest BCUT2D eigenvalue weighted by atomic mass is 9.92. The van der Waals surface area contributed by atoms with Gasteiger partial charge in [0.15, 0.2) is 0 Å². The fraction of sp³-hybridized carbons (Fsp3) is 0.0588. The molecule has 0 amide bonds. The molecule has 0 unspecified atom stereocenters. The maximum atomic E-state index is 8.53. The van der Waals surface area contributed by atoms with Gasteiger partial charge in [-0.25, -0.2) is 0 Å². The number of azide groups is 1. The van der Waals surface area contributed by atoms with Crippen LogP contribution in [0.1, 0.15) is 5.56 Å². The summed E-state index contributed by atoms with van der Waals surface area (Å²) in [5, 5.41) is 11.2. The summed E-state index contributed by atoms with van der Waals surface area (Å²) in [6.07, 6.45) is 0. The molecule has 0 fully saturated rings. The summed E-state index contributed by atoms with van der Waals surface area (Å²) in [5.74, 6) is 0. The second-order valence-electron chi connectivity index (χ2n) is 4.97. The lowest BCUT2D eigenvalue weighted by molar-refractivity contribution is 1.06. The average molecular weight is 257 g/mol. The Kier molecular flexibility index (Phi) is 2.28. The van der Waals surface area contributed by atoms with Crippen molar-refractivity contribution in [3.05, 3.63) is 70.6 Å². The first-order valence-corrected chi connectivity index (χ1v) is 6.55. The van der Waals surface area contributed by atoms with E-state index >= 15 is 0 Å². The van der Waals surface area contributed by atoms with E-state index in [1.54, 1.807) is 0 Å². The van der Waals surface area contributed by atoms with Gasteiger partial charge in [0.2, 0.25) is 0 Å². The largest absolute Gasteiger partial charge is 0.0893 e. The molecule has 4 rings (SSSR count). The van der Waals surface area contributed by atoms with Crippen LogP contribution in [0.5, 0.6) is 0 Å². The Morgan fingerprint density at radius 2 is 1.45 bits per heavy atom. The predicted molar refractivity (Wildman–Crippen MR) is 83.0 cm³/mol. The van der Waals surface area contributed by atoms with E-state index in [-0.39, 0.29) is 0 Å². The molecule has 0 aliphatic heterocycles. The molecule has 0 atom stereocenters. The van der Waals surface area contributed by atoms with Gasteiger partial charge in [-0.1, -0.05) is 59.7 Å². The summed E-state index contributed by atoms with van der Waals surface area (Å²) < 4.78 is 0. The Labute approximate surface area is 115 Å². The van der Waals surface area contributed by atoms with Gasteiger partial charge in [0.1, 0.15) is 0 Å². The van der Waals surface area contributed by atoms with Gasteiger partial charge < -0.3 is 0 Å². The van der Waals surface area contributed by atoms with Gasteiger partial charge in [0.05, 0.1) is 6.54 Å². The molecule has 20 heavy (non-hydrogen) atoms. The van der Waals surface area contributed by atoms with Crippen molar-refractivity contribution in [3.8, 4) is 0 Å². The lowest BCUT2D eigenvalue weighted by Gasteiger charge is -2.12. The summed E-state index contributed by atoms with van der Waals surface area (Å²) in [6, 6.07) is 19.1. The van der Waals surface area contributed by atoms with Crippen LogP contribution in [-0.4, -0.2) is 0 Å². The van der Waals surface area contributed by atoms with Crippen molar-refractivity contribution in [1.82, 2.24) is 0 Å². The first-order valence-electron chi connectivity index (χ1n) is 6.55. The zero-order valence-corrected chi connectivity index (χ0v) is 10.7. The van der Waals surface area contributed by atoms with Crippen LogP contribution in [0.25, 0.3) is 42.8 Å². The molecule has 0 spiro atoms. The van der Waals surface area contributed by atoms with Gasteiger partial charge in [0.25, 0.3) is 0 Å². The van der Waals surface area contributed by atoms with E-state index in [1.165, 1.54) is 32.3 Å². The smallest absolute Gasteiger partial charge is 0.0517 e. The van der Waals surface area contributed by atoms with Crippen molar-refractivity contribution >= 4 is 32.3 Å². The number of rotatable bonds is 2. The summed E-state index contributed by atoms with van der Waals surface area (Å²) in [6.45, 7) is 0.394. The minimum Gasteiger partial charge on any atom is -0.0893 e. The van der Waals surface area contributed by atoms with Gasteiger partial charge >= 0.3 is 0 Å². The normalized spacial score (nSPS) is 11.2. The van der Waals surface area contributed by atoms with Gasteiger partial charge in [0, 0.05) is 4.91 Å². The van der Waals surface area contributed by atoms with Gasteiger partial charge in [-0.05, 0) is 43.4 Å². The first-order chi connectivity index (χ1) is 9.88. The zero-order valence-electron chi connectivity index (χ0n) is 10.7. The Morgan fingerprint density at radius 1 is 0.800 bits per heavy atom. The van der Waals surface area contributed by atoms with Crippen LogP contribution < -0.4 is 0 Å². The highest BCUT2D eigenvalue weighted by Gasteiger charge is 2.09. The first kappa shape index (κ1) is 11.1. The highest BCUT2D eigenvalue weighted by atomic mass is 15.1. The molecule has 3 nitrogen and oxygen atoms in total. The molecule has 94 valence electrons. The minimum absolute atomic E-state index is 0.394. The molecule has 0 heterocycles. The van der Waals surface area contributed by atoms with Crippen molar-refractivity contribution < 1.29 is 0 Å². The molecule has 0 aromatic heterocycles. The predicted octanol–water partition coefficient (Wildman–Crippen LogP) is 5.39. The lowest BCUT2D eigenvalue weighted by Crippen LogP contribution is -1.88. The molecule has 0 saturated heterocycles. The maximum absolute atomic E-state index is 8.53. The van der Waals surface area contributed by atoms with Gasteiger partial charge in [-0.2, -0.15) is 0 Å². The van der Waals surface area contributed by atoms with Crippen molar-refractivity contribution in [2.75, 3.05) is 0 Å². The SMILES string of the molecule is [N-]=[N+]=NCc1ccc2ccc3cccc4ccc1c2c34. The Morgan fingerprint density at radius 3 is 2.20 bits per heavy atom. The maximum Gasteiger partial charge on any atom is 0.0517 e. The van der Waals surface area contributed by atoms with Crippen molar-refractivity contribution in [1.29, 1.82) is 0 Å². The standard InChI is InChI=1S/C17H11N3/c18-20-19-10-14-7-6-13-5-4-11-2-1-3-12-8-9-15(14)17(13)16(11)12/h1-9H,10H2. The van der Waals surface area contributed by atoms with Crippen LogP contribution in [0.15, 0.2) is 59.7 Å². The van der Waals surface area contributed by atoms with E-state index in [4.69, 9.17) is 5.53 Å². The Balaban J connectivity index is 2.22. The molecule has 4 aromatic rings. The molecule has 0 N–H and O–H groups in total. The van der Waals surface area contributed by atoms with E-state index in [1.807, 2.05) is 0 Å². The highest BCUT2D eigenvalue weighted by Crippen LogP contribution is 2.35. The summed E-state index contributed by atoms with van der Waals surface area (Å²) in [7, 11) is 0. The number of benzene rings is 4. The molecule has 0 bridgehead atoms. The quantitative estimate of drug-likeness (QED) is 0.200. The second kappa shape index (κ2) is 4.12. The third-order valence-electron chi connectivity index (χ3n) is 3.92. The molecule has 0 aliphatic rings. The Hall–Kier alpha value is -2.77. The van der Waals surface area contributed by atoms with Crippen molar-refractivity contribution in [3.63, 3.8) is 0 Å². The minimum atomic E-state index is 0.394. The number of nitrogens with zero attached hydrogens (tertiary/aromatic N) is 3. The summed E-state index contributed by atoms with van der Waals surface area (Å²) in [4.78, 5) is 2.87. The Bertz CT molecular complexity index is 966. The van der Waals surface area contributed by atoms with Crippen molar-refractivity contribution in [2.24, 2.45) is 5.11 Å². The third kappa shape index (κ3) is 1.44. The van der Waals surface area contributed by atoms with E-state index in [0.717, 1.165) is 5.56 Å². The molecule has 3 heteroatoms. The third-order valence-corrected chi connectivity index (χ3v) is 3.92. The fourth-order valence-corrected chi connectivity index (χ4v) is 3.04. The number of hydrogen-bond acceptors (Lipinski definition) is 1. The van der Waals surface area contributed by atoms with Gasteiger partial charge in [-0.15, -0.1) is 0 Å². The molecular weight excluding hydrogens is 246 g/mol. The zero-order chi connectivity index (χ0) is 13.5. The van der Waals surface area contributed by atoms with Crippen LogP contribution in [0.3, 0.4) is 0 Å². The van der Waals surface area contributed by atoms with Crippen LogP contribution in [-0.2, 0) is 6.54 Å². The van der Waals surface area contributed by atoms with Crippen molar-refractivity contribution in [2.45, 2.75) is 6.54 Å². The van der Waals surface area contributed by atoms with E-state index in [0.29, 0.717) is 6.54 Å². The van der Waals surface area contributed by atoms with E-state index in [9.17, 15) is 0 Å². The number of hydrogen-bond donors (Lipinski definition) is 0. The topological polar surface area (TPSA) is 48.8 Å². The highest BCUT2D eigenvalue weighted by molar-refractivity contribution is 6.23. The monoisotopic (exact) mass is 257 g/mol. The van der Waals surface area contributed by atoms with Crippen LogP contribution in [0.2, 0.25) is 0 Å². The summed E-state index contributed by atoms with van der Waals surface area (Å²) >= 11 is 0. The van der Waals surface area contributed by atoms with Crippen LogP contribution in [0, 0.1) is 0 Å².